The molecule has 0 amide bonds. The maximum absolute atomic E-state index is 5.79. The molecule has 1 heterocycles. The molecule has 0 radical (unpaired) electrons. The Hall–Kier alpha value is -2.53. The summed E-state index contributed by atoms with van der Waals surface area (Å²) in [4.78, 5) is 8.53. The number of rotatable bonds is 4. The van der Waals surface area contributed by atoms with Gasteiger partial charge in [-0.15, -0.1) is 0 Å². The summed E-state index contributed by atoms with van der Waals surface area (Å²) >= 11 is 5.11. The first-order valence-electron chi connectivity index (χ1n) is 6.56. The Bertz CT molecular complexity index is 787. The molecule has 0 saturated carbocycles. The molecule has 1 aromatic heterocycles. The Morgan fingerprint density at radius 2 is 1.90 bits per heavy atom. The molecule has 3 rings (SSSR count). The molecule has 0 spiro atoms. The van der Waals surface area contributed by atoms with Gasteiger partial charge in [0.05, 0.1) is 12.2 Å². The summed E-state index contributed by atoms with van der Waals surface area (Å²) in [5.74, 6) is 0. The molecule has 21 heavy (non-hydrogen) atoms. The molecule has 4 nitrogen and oxygen atoms in total. The lowest BCUT2D eigenvalue weighted by Crippen LogP contribution is -2.10. The Morgan fingerprint density at radius 3 is 2.62 bits per heavy atom. The predicted octanol–water partition coefficient (Wildman–Crippen LogP) is 2.88. The molecule has 0 aliphatic rings. The summed E-state index contributed by atoms with van der Waals surface area (Å²) < 4.78 is 0. The van der Waals surface area contributed by atoms with E-state index in [1.165, 1.54) is 0 Å². The number of thiocarbonyl (C=S) groups is 1. The van der Waals surface area contributed by atoms with Gasteiger partial charge in [-0.1, -0.05) is 36.5 Å². The molecule has 104 valence electrons. The van der Waals surface area contributed by atoms with Crippen molar-refractivity contribution in [3.8, 4) is 0 Å². The average molecular weight is 294 g/mol. The van der Waals surface area contributed by atoms with E-state index in [1.807, 2.05) is 36.4 Å². The second kappa shape index (κ2) is 5.85. The van der Waals surface area contributed by atoms with E-state index in [0.717, 1.165) is 27.7 Å². The molecule has 0 unspecified atom stereocenters. The molecular formula is C16H14N4S. The van der Waals surface area contributed by atoms with Crippen molar-refractivity contribution in [1.82, 2.24) is 9.97 Å². The van der Waals surface area contributed by atoms with Crippen LogP contribution >= 0.6 is 12.2 Å². The number of benzene rings is 2. The maximum Gasteiger partial charge on any atom is 0.115 e. The van der Waals surface area contributed by atoms with Gasteiger partial charge in [0.15, 0.2) is 0 Å². The smallest absolute Gasteiger partial charge is 0.115 e. The van der Waals surface area contributed by atoms with Crippen molar-refractivity contribution in [3.05, 3.63) is 66.2 Å². The molecule has 0 aliphatic heterocycles. The van der Waals surface area contributed by atoms with E-state index < -0.39 is 0 Å². The molecule has 0 bridgehead atoms. The molecule has 5 heteroatoms. The quantitative estimate of drug-likeness (QED) is 0.724. The SMILES string of the molecule is NC(=S)c1ccc(NCc2ccncn2)c2ccccc12. The van der Waals surface area contributed by atoms with Gasteiger partial charge in [0.25, 0.3) is 0 Å². The number of aromatic nitrogens is 2. The number of hydrogen-bond donors (Lipinski definition) is 2. The fourth-order valence-electron chi connectivity index (χ4n) is 2.28. The number of hydrogen-bond acceptors (Lipinski definition) is 4. The van der Waals surface area contributed by atoms with Crippen LogP contribution in [0.5, 0.6) is 0 Å². The second-order valence-electron chi connectivity index (χ2n) is 4.62. The van der Waals surface area contributed by atoms with Crippen molar-refractivity contribution in [1.29, 1.82) is 0 Å². The number of nitrogens with one attached hydrogen (secondary N) is 1. The van der Waals surface area contributed by atoms with Gasteiger partial charge in [-0.25, -0.2) is 9.97 Å². The van der Waals surface area contributed by atoms with Gasteiger partial charge >= 0.3 is 0 Å². The summed E-state index contributed by atoms with van der Waals surface area (Å²) in [6.07, 6.45) is 3.28. The van der Waals surface area contributed by atoms with Gasteiger partial charge in [-0.3, -0.25) is 0 Å². The minimum atomic E-state index is 0.411. The van der Waals surface area contributed by atoms with Crippen LogP contribution in [0.15, 0.2) is 55.0 Å². The minimum Gasteiger partial charge on any atom is -0.389 e. The summed E-state index contributed by atoms with van der Waals surface area (Å²) in [5.41, 5.74) is 8.65. The standard InChI is InChI=1S/C16H14N4S/c17-16(21)14-5-6-15(13-4-2-1-3-12(13)14)19-9-11-7-8-18-10-20-11/h1-8,10,19H,9H2,(H2,17,21). The van der Waals surface area contributed by atoms with Crippen molar-refractivity contribution >= 4 is 33.7 Å². The summed E-state index contributed by atoms with van der Waals surface area (Å²) in [5, 5.41) is 5.54. The monoisotopic (exact) mass is 294 g/mol. The first kappa shape index (κ1) is 13.5. The zero-order chi connectivity index (χ0) is 14.7. The molecule has 3 aromatic rings. The van der Waals surface area contributed by atoms with Crippen LogP contribution in [0.25, 0.3) is 10.8 Å². The lowest BCUT2D eigenvalue weighted by molar-refractivity contribution is 1.01. The third-order valence-corrected chi connectivity index (χ3v) is 3.51. The van der Waals surface area contributed by atoms with Crippen LogP contribution in [0.4, 0.5) is 5.69 Å². The number of nitrogens with two attached hydrogens (primary N) is 1. The molecule has 0 aliphatic carbocycles. The van der Waals surface area contributed by atoms with Gasteiger partial charge in [-0.05, 0) is 23.6 Å². The molecule has 3 N–H and O–H groups in total. The summed E-state index contributed by atoms with van der Waals surface area (Å²) in [7, 11) is 0. The maximum atomic E-state index is 5.79. The van der Waals surface area contributed by atoms with Gasteiger partial charge in [0.2, 0.25) is 0 Å². The van der Waals surface area contributed by atoms with E-state index in [0.29, 0.717) is 11.5 Å². The zero-order valence-corrected chi connectivity index (χ0v) is 12.1. The number of fused-ring (bicyclic) bond motifs is 1. The van der Waals surface area contributed by atoms with Crippen molar-refractivity contribution in [3.63, 3.8) is 0 Å². The zero-order valence-electron chi connectivity index (χ0n) is 11.3. The van der Waals surface area contributed by atoms with Crippen LogP contribution in [0.1, 0.15) is 11.3 Å². The van der Waals surface area contributed by atoms with Crippen LogP contribution < -0.4 is 11.1 Å². The number of anilines is 1. The number of nitrogens with zero attached hydrogens (tertiary/aromatic N) is 2. The largest absolute Gasteiger partial charge is 0.389 e. The first-order valence-corrected chi connectivity index (χ1v) is 6.97. The Kier molecular flexibility index (Phi) is 3.75. The van der Waals surface area contributed by atoms with Crippen molar-refractivity contribution < 1.29 is 0 Å². The highest BCUT2D eigenvalue weighted by Crippen LogP contribution is 2.27. The predicted molar refractivity (Wildman–Crippen MR) is 89.2 cm³/mol. The lowest BCUT2D eigenvalue weighted by Gasteiger charge is -2.12. The first-order chi connectivity index (χ1) is 10.3. The lowest BCUT2D eigenvalue weighted by atomic mass is 10.0. The van der Waals surface area contributed by atoms with E-state index in [1.54, 1.807) is 12.5 Å². The van der Waals surface area contributed by atoms with E-state index >= 15 is 0 Å². The van der Waals surface area contributed by atoms with E-state index in [4.69, 9.17) is 18.0 Å². The highest BCUT2D eigenvalue weighted by atomic mass is 32.1. The molecule has 0 fully saturated rings. The van der Waals surface area contributed by atoms with Crippen LogP contribution in [0.2, 0.25) is 0 Å². The molecule has 2 aromatic carbocycles. The van der Waals surface area contributed by atoms with Crippen molar-refractivity contribution in [2.75, 3.05) is 5.32 Å². The minimum absolute atomic E-state index is 0.411. The summed E-state index contributed by atoms with van der Waals surface area (Å²) in [6.45, 7) is 0.638. The van der Waals surface area contributed by atoms with E-state index in [2.05, 4.69) is 21.4 Å². The fraction of sp³-hybridized carbons (Fsp3) is 0.0625. The van der Waals surface area contributed by atoms with Crippen LogP contribution in [-0.4, -0.2) is 15.0 Å². The topological polar surface area (TPSA) is 63.8 Å². The van der Waals surface area contributed by atoms with Gasteiger partial charge < -0.3 is 11.1 Å². The third-order valence-electron chi connectivity index (χ3n) is 3.29. The van der Waals surface area contributed by atoms with Gasteiger partial charge in [-0.2, -0.15) is 0 Å². The van der Waals surface area contributed by atoms with Gasteiger partial charge in [0, 0.05) is 22.8 Å². The van der Waals surface area contributed by atoms with Crippen LogP contribution in [0, 0.1) is 0 Å². The second-order valence-corrected chi connectivity index (χ2v) is 5.06. The Labute approximate surface area is 128 Å². The van der Waals surface area contributed by atoms with E-state index in [-0.39, 0.29) is 0 Å². The highest BCUT2D eigenvalue weighted by molar-refractivity contribution is 7.80. The fourth-order valence-corrected chi connectivity index (χ4v) is 2.45. The van der Waals surface area contributed by atoms with Gasteiger partial charge in [0.1, 0.15) is 11.3 Å². The van der Waals surface area contributed by atoms with Crippen LogP contribution in [-0.2, 0) is 6.54 Å². The van der Waals surface area contributed by atoms with E-state index in [9.17, 15) is 0 Å². The van der Waals surface area contributed by atoms with Crippen molar-refractivity contribution in [2.45, 2.75) is 6.54 Å². The molecule has 0 saturated heterocycles. The average Bonchev–Trinajstić information content (AvgIpc) is 2.53. The van der Waals surface area contributed by atoms with Crippen molar-refractivity contribution in [2.24, 2.45) is 5.73 Å². The summed E-state index contributed by atoms with van der Waals surface area (Å²) in [6, 6.07) is 13.9. The van der Waals surface area contributed by atoms with Crippen LogP contribution in [0.3, 0.4) is 0 Å². The Balaban J connectivity index is 1.96. The normalized spacial score (nSPS) is 10.5. The Morgan fingerprint density at radius 1 is 1.10 bits per heavy atom. The highest BCUT2D eigenvalue weighted by Gasteiger charge is 2.07. The third kappa shape index (κ3) is 2.83. The molecular weight excluding hydrogens is 280 g/mol. The molecule has 0 atom stereocenters.